The zero-order valence-corrected chi connectivity index (χ0v) is 17.1. The van der Waals surface area contributed by atoms with Crippen molar-refractivity contribution in [3.05, 3.63) is 100 Å². The summed E-state index contributed by atoms with van der Waals surface area (Å²) in [6, 6.07) is 24.0. The Labute approximate surface area is 179 Å². The number of hydrogen-bond acceptors (Lipinski definition) is 5. The lowest BCUT2D eigenvalue weighted by molar-refractivity contribution is -0.121. The van der Waals surface area contributed by atoms with Crippen LogP contribution in [0.3, 0.4) is 0 Å². The summed E-state index contributed by atoms with van der Waals surface area (Å²) >= 11 is 0. The number of fused-ring (bicyclic) bond motifs is 1. The Balaban J connectivity index is 1.51. The maximum Gasteiger partial charge on any atom is 0.277 e. The number of nitrogens with one attached hydrogen (secondary N) is 1. The topological polar surface area (TPSA) is 86.1 Å². The molecule has 4 rings (SSSR count). The third kappa shape index (κ3) is 4.61. The van der Waals surface area contributed by atoms with Gasteiger partial charge in [-0.15, -0.1) is 5.10 Å². The third-order valence-corrected chi connectivity index (χ3v) is 5.07. The van der Waals surface area contributed by atoms with Crippen molar-refractivity contribution in [3.63, 3.8) is 0 Å². The van der Waals surface area contributed by atoms with Crippen LogP contribution in [0.5, 0.6) is 5.75 Å². The van der Waals surface area contributed by atoms with E-state index in [4.69, 9.17) is 4.74 Å². The summed E-state index contributed by atoms with van der Waals surface area (Å²) in [7, 11) is 1.61. The number of ether oxygens (including phenoxy) is 1. The molecule has 3 aromatic carbocycles. The normalized spacial score (nSPS) is 11.8. The maximum atomic E-state index is 12.8. The summed E-state index contributed by atoms with van der Waals surface area (Å²) in [5.74, 6) is 0.558. The molecule has 1 amide bonds. The standard InChI is InChI=1S/C24H22N4O3/c1-31-19-13-11-18(12-14-19)23(17-7-3-2-4-8-17)25-22(29)15-16-28-24(30)20-9-5-6-10-21(20)26-27-28/h2-14,23H,15-16H2,1H3,(H,25,29). The second-order valence-corrected chi connectivity index (χ2v) is 7.07. The van der Waals surface area contributed by atoms with E-state index in [1.807, 2.05) is 54.6 Å². The van der Waals surface area contributed by atoms with E-state index in [1.165, 1.54) is 4.68 Å². The van der Waals surface area contributed by atoms with Crippen molar-refractivity contribution < 1.29 is 9.53 Å². The predicted octanol–water partition coefficient (Wildman–Crippen LogP) is 3.10. The fourth-order valence-corrected chi connectivity index (χ4v) is 3.41. The van der Waals surface area contributed by atoms with Gasteiger partial charge in [-0.3, -0.25) is 9.59 Å². The molecule has 7 heteroatoms. The van der Waals surface area contributed by atoms with Crippen LogP contribution in [0.1, 0.15) is 23.6 Å². The Hall–Kier alpha value is -4.00. The average molecular weight is 414 g/mol. The van der Waals surface area contributed by atoms with Crippen molar-refractivity contribution in [1.29, 1.82) is 0 Å². The van der Waals surface area contributed by atoms with Gasteiger partial charge in [0.05, 0.1) is 25.1 Å². The summed E-state index contributed by atoms with van der Waals surface area (Å²) in [6.45, 7) is 0.145. The smallest absolute Gasteiger partial charge is 0.277 e. The zero-order valence-electron chi connectivity index (χ0n) is 17.1. The molecule has 0 aliphatic heterocycles. The van der Waals surface area contributed by atoms with Gasteiger partial charge in [-0.05, 0) is 35.4 Å². The minimum atomic E-state index is -0.320. The van der Waals surface area contributed by atoms with Gasteiger partial charge in [-0.1, -0.05) is 59.8 Å². The van der Waals surface area contributed by atoms with Gasteiger partial charge in [0.1, 0.15) is 11.3 Å². The highest BCUT2D eigenvalue weighted by Gasteiger charge is 2.17. The minimum Gasteiger partial charge on any atom is -0.497 e. The molecule has 31 heavy (non-hydrogen) atoms. The number of carbonyl (C=O) groups excluding carboxylic acids is 1. The van der Waals surface area contributed by atoms with Crippen molar-refractivity contribution >= 4 is 16.8 Å². The summed E-state index contributed by atoms with van der Waals surface area (Å²) < 4.78 is 6.46. The number of hydrogen-bond donors (Lipinski definition) is 1. The first-order valence-corrected chi connectivity index (χ1v) is 9.96. The van der Waals surface area contributed by atoms with E-state index in [9.17, 15) is 9.59 Å². The Kier molecular flexibility index (Phi) is 6.03. The lowest BCUT2D eigenvalue weighted by atomic mass is 9.98. The number of carbonyl (C=O) groups is 1. The number of nitrogens with zero attached hydrogens (tertiary/aromatic N) is 3. The molecule has 1 unspecified atom stereocenters. The number of amides is 1. The molecule has 0 saturated heterocycles. The zero-order chi connectivity index (χ0) is 21.6. The van der Waals surface area contributed by atoms with Crippen molar-refractivity contribution in [3.8, 4) is 5.75 Å². The molecule has 0 aliphatic rings. The van der Waals surface area contributed by atoms with Crippen LogP contribution in [0, 0.1) is 0 Å². The van der Waals surface area contributed by atoms with Crippen LogP contribution in [-0.4, -0.2) is 28.0 Å². The summed E-state index contributed by atoms with van der Waals surface area (Å²) in [4.78, 5) is 25.4. The molecule has 0 spiro atoms. The van der Waals surface area contributed by atoms with Crippen molar-refractivity contribution in [2.45, 2.75) is 19.0 Å². The molecule has 0 aliphatic carbocycles. The van der Waals surface area contributed by atoms with Crippen LogP contribution < -0.4 is 15.6 Å². The number of aromatic nitrogens is 3. The van der Waals surface area contributed by atoms with Crippen molar-refractivity contribution in [1.82, 2.24) is 20.3 Å². The number of methoxy groups -OCH3 is 1. The van der Waals surface area contributed by atoms with Gasteiger partial charge in [-0.2, -0.15) is 0 Å². The third-order valence-electron chi connectivity index (χ3n) is 5.07. The van der Waals surface area contributed by atoms with E-state index >= 15 is 0 Å². The van der Waals surface area contributed by atoms with Crippen LogP contribution in [0.15, 0.2) is 83.7 Å². The molecule has 0 fully saturated rings. The average Bonchev–Trinajstić information content (AvgIpc) is 2.83. The molecule has 156 valence electrons. The SMILES string of the molecule is COc1ccc(C(NC(=O)CCn2nnc3ccccc3c2=O)c2ccccc2)cc1. The molecule has 7 nitrogen and oxygen atoms in total. The van der Waals surface area contributed by atoms with E-state index in [0.717, 1.165) is 16.9 Å². The highest BCUT2D eigenvalue weighted by Crippen LogP contribution is 2.24. The molecule has 1 heterocycles. The van der Waals surface area contributed by atoms with E-state index in [2.05, 4.69) is 15.6 Å². The lowest BCUT2D eigenvalue weighted by Gasteiger charge is -2.20. The van der Waals surface area contributed by atoms with E-state index < -0.39 is 0 Å². The van der Waals surface area contributed by atoms with Crippen molar-refractivity contribution in [2.75, 3.05) is 7.11 Å². The molecule has 1 aromatic heterocycles. The molecular weight excluding hydrogens is 392 g/mol. The lowest BCUT2D eigenvalue weighted by Crippen LogP contribution is -2.32. The van der Waals surface area contributed by atoms with Crippen LogP contribution in [0.2, 0.25) is 0 Å². The molecule has 1 N–H and O–H groups in total. The molecular formula is C24H22N4O3. The highest BCUT2D eigenvalue weighted by molar-refractivity contribution is 5.77. The molecule has 1 atom stereocenters. The van der Waals surface area contributed by atoms with Gasteiger partial charge in [0.25, 0.3) is 5.56 Å². The van der Waals surface area contributed by atoms with Crippen LogP contribution >= 0.6 is 0 Å². The molecule has 0 bridgehead atoms. The van der Waals surface area contributed by atoms with E-state index in [-0.39, 0.29) is 30.5 Å². The quantitative estimate of drug-likeness (QED) is 0.502. The van der Waals surface area contributed by atoms with Gasteiger partial charge in [0, 0.05) is 6.42 Å². The maximum absolute atomic E-state index is 12.8. The van der Waals surface area contributed by atoms with Crippen LogP contribution in [0.25, 0.3) is 10.9 Å². The van der Waals surface area contributed by atoms with Gasteiger partial charge in [0.2, 0.25) is 5.91 Å². The van der Waals surface area contributed by atoms with E-state index in [0.29, 0.717) is 10.9 Å². The first-order chi connectivity index (χ1) is 15.2. The van der Waals surface area contributed by atoms with Gasteiger partial charge < -0.3 is 10.1 Å². The minimum absolute atomic E-state index is 0.104. The monoisotopic (exact) mass is 414 g/mol. The Bertz CT molecular complexity index is 1240. The molecule has 0 saturated carbocycles. The number of rotatable bonds is 7. The number of benzene rings is 3. The fraction of sp³-hybridized carbons (Fsp3) is 0.167. The van der Waals surface area contributed by atoms with Crippen LogP contribution in [-0.2, 0) is 11.3 Å². The van der Waals surface area contributed by atoms with Crippen molar-refractivity contribution in [2.24, 2.45) is 0 Å². The Morgan fingerprint density at radius 1 is 0.968 bits per heavy atom. The van der Waals surface area contributed by atoms with E-state index in [1.54, 1.807) is 31.4 Å². The second kappa shape index (κ2) is 9.21. The largest absolute Gasteiger partial charge is 0.497 e. The van der Waals surface area contributed by atoms with Gasteiger partial charge >= 0.3 is 0 Å². The first kappa shape index (κ1) is 20.3. The summed E-state index contributed by atoms with van der Waals surface area (Å²) in [5.41, 5.74) is 2.18. The summed E-state index contributed by atoms with van der Waals surface area (Å²) in [6.07, 6.45) is 0.104. The number of aryl methyl sites for hydroxylation is 1. The second-order valence-electron chi connectivity index (χ2n) is 7.07. The Morgan fingerprint density at radius 2 is 1.65 bits per heavy atom. The van der Waals surface area contributed by atoms with Gasteiger partial charge in [0.15, 0.2) is 0 Å². The Morgan fingerprint density at radius 3 is 2.39 bits per heavy atom. The first-order valence-electron chi connectivity index (χ1n) is 9.96. The fourth-order valence-electron chi connectivity index (χ4n) is 3.41. The van der Waals surface area contributed by atoms with Gasteiger partial charge in [-0.25, -0.2) is 4.68 Å². The van der Waals surface area contributed by atoms with Crippen LogP contribution in [0.4, 0.5) is 0 Å². The highest BCUT2D eigenvalue weighted by atomic mass is 16.5. The summed E-state index contributed by atoms with van der Waals surface area (Å²) in [5, 5.41) is 11.6. The predicted molar refractivity (Wildman–Crippen MR) is 118 cm³/mol. The molecule has 0 radical (unpaired) electrons. The molecule has 4 aromatic rings.